The van der Waals surface area contributed by atoms with Gasteiger partial charge in [0.15, 0.2) is 0 Å². The van der Waals surface area contributed by atoms with Gasteiger partial charge in [0.25, 0.3) is 0 Å². The molecule has 0 spiro atoms. The molecule has 0 fully saturated rings. The van der Waals surface area contributed by atoms with Gasteiger partial charge in [0.1, 0.15) is 0 Å². The minimum atomic E-state index is -5.11. The van der Waals surface area contributed by atoms with Gasteiger partial charge < -0.3 is 20.5 Å². The normalized spacial score (nSPS) is 16.1. The first-order valence-electron chi connectivity index (χ1n) is 5.96. The maximum Gasteiger partial charge on any atom is 0.422 e. The number of urea groups is 1. The zero-order chi connectivity index (χ0) is 16.0. The van der Waals surface area contributed by atoms with E-state index in [9.17, 15) is 22.8 Å². The molecule has 0 saturated carbocycles. The number of carboxylic acid groups (broad SMARTS) is 1. The van der Waals surface area contributed by atoms with Gasteiger partial charge >= 0.3 is 18.2 Å². The molecule has 2 amide bonds. The van der Waals surface area contributed by atoms with Crippen molar-refractivity contribution in [3.8, 4) is 0 Å². The van der Waals surface area contributed by atoms with E-state index < -0.39 is 29.8 Å². The lowest BCUT2D eigenvalue weighted by Gasteiger charge is -2.29. The SMILES string of the molecule is CCCC(COC)NC(=O)NC(C)(C(=O)O)C(F)(F)F. The number of carboxylic acids is 1. The van der Waals surface area contributed by atoms with Crippen molar-refractivity contribution >= 4 is 12.0 Å². The largest absolute Gasteiger partial charge is 0.479 e. The number of halogens is 3. The van der Waals surface area contributed by atoms with E-state index in [1.807, 2.05) is 6.92 Å². The van der Waals surface area contributed by atoms with Gasteiger partial charge in [-0.3, -0.25) is 0 Å². The topological polar surface area (TPSA) is 87.7 Å². The summed E-state index contributed by atoms with van der Waals surface area (Å²) in [7, 11) is 1.39. The Morgan fingerprint density at radius 1 is 1.35 bits per heavy atom. The summed E-state index contributed by atoms with van der Waals surface area (Å²) in [5.74, 6) is -2.18. The van der Waals surface area contributed by atoms with E-state index >= 15 is 0 Å². The fourth-order valence-corrected chi connectivity index (χ4v) is 1.44. The van der Waals surface area contributed by atoms with E-state index in [0.717, 1.165) is 0 Å². The van der Waals surface area contributed by atoms with Crippen LogP contribution in [0.1, 0.15) is 26.7 Å². The van der Waals surface area contributed by atoms with Gasteiger partial charge in [-0.2, -0.15) is 13.2 Å². The van der Waals surface area contributed by atoms with Crippen LogP contribution in [0.15, 0.2) is 0 Å². The third-order valence-electron chi connectivity index (χ3n) is 2.70. The maximum atomic E-state index is 12.7. The van der Waals surface area contributed by atoms with E-state index in [1.165, 1.54) is 12.4 Å². The number of hydrogen-bond acceptors (Lipinski definition) is 3. The number of methoxy groups -OCH3 is 1. The molecule has 9 heteroatoms. The summed E-state index contributed by atoms with van der Waals surface area (Å²) in [6, 6.07) is -1.70. The Bertz CT molecular complexity index is 343. The summed E-state index contributed by atoms with van der Waals surface area (Å²) in [5, 5.41) is 12.4. The average molecular weight is 300 g/mol. The highest BCUT2D eigenvalue weighted by Crippen LogP contribution is 2.30. The van der Waals surface area contributed by atoms with Crippen molar-refractivity contribution < 1.29 is 32.6 Å². The first kappa shape index (κ1) is 18.5. The lowest BCUT2D eigenvalue weighted by Crippen LogP contribution is -2.64. The zero-order valence-electron chi connectivity index (χ0n) is 11.5. The van der Waals surface area contributed by atoms with Crippen molar-refractivity contribution in [3.05, 3.63) is 0 Å². The molecular weight excluding hydrogens is 281 g/mol. The summed E-state index contributed by atoms with van der Waals surface area (Å²) in [5.41, 5.74) is -3.35. The Kier molecular flexibility index (Phi) is 6.77. The number of alkyl halides is 3. The number of nitrogens with one attached hydrogen (secondary N) is 2. The van der Waals surface area contributed by atoms with Crippen LogP contribution in [0, 0.1) is 0 Å². The second-order valence-corrected chi connectivity index (χ2v) is 4.47. The summed E-state index contributed by atoms with van der Waals surface area (Å²) in [4.78, 5) is 22.3. The van der Waals surface area contributed by atoms with Gasteiger partial charge in [-0.25, -0.2) is 9.59 Å². The second kappa shape index (κ2) is 7.32. The second-order valence-electron chi connectivity index (χ2n) is 4.47. The molecule has 0 aliphatic rings. The van der Waals surface area contributed by atoms with Crippen LogP contribution in [0.5, 0.6) is 0 Å². The highest BCUT2D eigenvalue weighted by atomic mass is 19.4. The van der Waals surface area contributed by atoms with E-state index in [-0.39, 0.29) is 6.61 Å². The Morgan fingerprint density at radius 3 is 2.25 bits per heavy atom. The van der Waals surface area contributed by atoms with Crippen molar-refractivity contribution in [1.29, 1.82) is 0 Å². The number of hydrogen-bond donors (Lipinski definition) is 3. The van der Waals surface area contributed by atoms with Crippen LogP contribution < -0.4 is 10.6 Å². The van der Waals surface area contributed by atoms with Gasteiger partial charge in [-0.05, 0) is 13.3 Å². The van der Waals surface area contributed by atoms with Crippen LogP contribution in [-0.4, -0.2) is 48.6 Å². The summed E-state index contributed by atoms with van der Waals surface area (Å²) in [6.07, 6.45) is -3.93. The third kappa shape index (κ3) is 4.87. The summed E-state index contributed by atoms with van der Waals surface area (Å²) in [6.45, 7) is 2.34. The fourth-order valence-electron chi connectivity index (χ4n) is 1.44. The molecule has 0 rings (SSSR count). The molecule has 0 aromatic carbocycles. The molecule has 0 bridgehead atoms. The van der Waals surface area contributed by atoms with Crippen molar-refractivity contribution in [2.24, 2.45) is 0 Å². The van der Waals surface area contributed by atoms with Crippen LogP contribution in [0.3, 0.4) is 0 Å². The van der Waals surface area contributed by atoms with Crippen LogP contribution in [0.4, 0.5) is 18.0 Å². The molecular formula is C11H19F3N2O4. The van der Waals surface area contributed by atoms with E-state index in [0.29, 0.717) is 19.8 Å². The first-order chi connectivity index (χ1) is 9.08. The number of carbonyl (C=O) groups excluding carboxylic acids is 1. The molecule has 0 saturated heterocycles. The highest BCUT2D eigenvalue weighted by Gasteiger charge is 2.58. The summed E-state index contributed by atoms with van der Waals surface area (Å²) < 4.78 is 42.9. The molecule has 6 nitrogen and oxygen atoms in total. The van der Waals surface area contributed by atoms with Crippen LogP contribution in [0.2, 0.25) is 0 Å². The average Bonchev–Trinajstić information content (AvgIpc) is 2.27. The Morgan fingerprint density at radius 2 is 1.90 bits per heavy atom. The minimum Gasteiger partial charge on any atom is -0.479 e. The number of rotatable bonds is 7. The molecule has 0 aromatic rings. The lowest BCUT2D eigenvalue weighted by molar-refractivity contribution is -0.203. The fraction of sp³-hybridized carbons (Fsp3) is 0.818. The molecule has 0 radical (unpaired) electrons. The van der Waals surface area contributed by atoms with Crippen molar-refractivity contribution in [3.63, 3.8) is 0 Å². The molecule has 118 valence electrons. The molecule has 2 unspecified atom stereocenters. The van der Waals surface area contributed by atoms with E-state index in [4.69, 9.17) is 9.84 Å². The lowest BCUT2D eigenvalue weighted by atomic mass is 10.0. The summed E-state index contributed by atoms with van der Waals surface area (Å²) >= 11 is 0. The Balaban J connectivity index is 4.82. The van der Waals surface area contributed by atoms with Crippen LogP contribution >= 0.6 is 0 Å². The van der Waals surface area contributed by atoms with Gasteiger partial charge in [0, 0.05) is 7.11 Å². The molecule has 0 aliphatic carbocycles. The minimum absolute atomic E-state index is 0.122. The standard InChI is InChI=1S/C11H19F3N2O4/c1-4-5-7(6-20-3)15-9(19)16-10(2,8(17)18)11(12,13)14/h7H,4-6H2,1-3H3,(H,17,18)(H2,15,16,19). The number of aliphatic carboxylic acids is 1. The van der Waals surface area contributed by atoms with E-state index in [2.05, 4.69) is 5.32 Å². The number of amides is 2. The zero-order valence-corrected chi connectivity index (χ0v) is 11.5. The molecule has 2 atom stereocenters. The molecule has 3 N–H and O–H groups in total. The van der Waals surface area contributed by atoms with Gasteiger partial charge in [-0.1, -0.05) is 13.3 Å². The van der Waals surface area contributed by atoms with Crippen molar-refractivity contribution in [2.75, 3.05) is 13.7 Å². The molecule has 0 heterocycles. The van der Waals surface area contributed by atoms with Crippen LogP contribution in [-0.2, 0) is 9.53 Å². The highest BCUT2D eigenvalue weighted by molar-refractivity contribution is 5.86. The Hall–Kier alpha value is -1.51. The number of ether oxygens (including phenoxy) is 1. The van der Waals surface area contributed by atoms with Crippen LogP contribution in [0.25, 0.3) is 0 Å². The van der Waals surface area contributed by atoms with Gasteiger partial charge in [0.05, 0.1) is 12.6 Å². The van der Waals surface area contributed by atoms with E-state index in [1.54, 1.807) is 0 Å². The third-order valence-corrected chi connectivity index (χ3v) is 2.70. The van der Waals surface area contributed by atoms with Gasteiger partial charge in [0.2, 0.25) is 5.54 Å². The maximum absolute atomic E-state index is 12.7. The quantitative estimate of drug-likeness (QED) is 0.665. The first-order valence-corrected chi connectivity index (χ1v) is 5.96. The van der Waals surface area contributed by atoms with Crippen molar-refractivity contribution in [1.82, 2.24) is 10.6 Å². The Labute approximate surface area is 114 Å². The van der Waals surface area contributed by atoms with Crippen molar-refractivity contribution in [2.45, 2.75) is 44.4 Å². The molecule has 20 heavy (non-hydrogen) atoms. The monoisotopic (exact) mass is 300 g/mol. The predicted molar refractivity (Wildman–Crippen MR) is 64.3 cm³/mol. The predicted octanol–water partition coefficient (Wildman–Crippen LogP) is 1.51. The smallest absolute Gasteiger partial charge is 0.422 e. The number of carbonyl (C=O) groups is 2. The van der Waals surface area contributed by atoms with Gasteiger partial charge in [-0.15, -0.1) is 0 Å². The molecule has 0 aromatic heterocycles. The molecule has 0 aliphatic heterocycles.